The number of nitrogens with one attached hydrogen (secondary N) is 4. The molecule has 3 heterocycles. The second kappa shape index (κ2) is 12.5. The number of para-hydroxylation sites is 1. The fourth-order valence-corrected chi connectivity index (χ4v) is 4.55. The quantitative estimate of drug-likeness (QED) is 0.106. The number of pyridine rings is 2. The number of hydrazine groups is 2. The lowest BCUT2D eigenvalue weighted by Gasteiger charge is -2.22. The highest BCUT2D eigenvalue weighted by atomic mass is 35.5. The molecule has 0 saturated carbocycles. The topological polar surface area (TPSA) is 113 Å². The first-order chi connectivity index (χ1) is 20.4. The van der Waals surface area contributed by atoms with E-state index in [1.54, 1.807) is 31.5 Å². The van der Waals surface area contributed by atoms with E-state index in [-0.39, 0.29) is 11.3 Å². The van der Waals surface area contributed by atoms with Crippen LogP contribution in [0, 0.1) is 23.1 Å². The summed E-state index contributed by atoms with van der Waals surface area (Å²) in [6.45, 7) is 4.25. The number of benzene rings is 2. The zero-order chi connectivity index (χ0) is 29.6. The summed E-state index contributed by atoms with van der Waals surface area (Å²) in [5.74, 6) is -2.36. The van der Waals surface area contributed by atoms with Crippen LogP contribution in [0.1, 0.15) is 5.56 Å². The number of aromatic nitrogens is 2. The van der Waals surface area contributed by atoms with Gasteiger partial charge >= 0.3 is 0 Å². The Morgan fingerprint density at radius 3 is 2.71 bits per heavy atom. The molecule has 42 heavy (non-hydrogen) atoms. The van der Waals surface area contributed by atoms with Gasteiger partial charge in [0.15, 0.2) is 5.82 Å². The van der Waals surface area contributed by atoms with E-state index in [9.17, 15) is 14.0 Å². The minimum Gasteiger partial charge on any atom is -0.373 e. The molecule has 210 valence electrons. The summed E-state index contributed by atoms with van der Waals surface area (Å²) in [4.78, 5) is 11.8. The second-order valence-corrected chi connectivity index (χ2v) is 9.49. The van der Waals surface area contributed by atoms with E-state index in [1.165, 1.54) is 6.20 Å². The van der Waals surface area contributed by atoms with Crippen LogP contribution >= 0.6 is 11.6 Å². The maximum atomic E-state index is 13.9. The molecule has 2 aromatic carbocycles. The van der Waals surface area contributed by atoms with Gasteiger partial charge in [-0.05, 0) is 35.9 Å². The van der Waals surface area contributed by atoms with Crippen molar-refractivity contribution in [2.24, 2.45) is 4.99 Å². The van der Waals surface area contributed by atoms with Crippen molar-refractivity contribution >= 4 is 51.5 Å². The van der Waals surface area contributed by atoms with Crippen molar-refractivity contribution in [3.05, 3.63) is 119 Å². The molecule has 1 aliphatic rings. The molecular weight excluding hydrogens is 560 g/mol. The normalized spacial score (nSPS) is 13.7. The summed E-state index contributed by atoms with van der Waals surface area (Å²) >= 11 is 6.67. The summed E-state index contributed by atoms with van der Waals surface area (Å²) in [5, 5.41) is 18.8. The number of rotatable bonds is 9. The van der Waals surface area contributed by atoms with E-state index in [0.717, 1.165) is 23.6 Å². The van der Waals surface area contributed by atoms with Gasteiger partial charge in [-0.25, -0.2) is 9.37 Å². The third-order valence-electron chi connectivity index (χ3n) is 6.27. The van der Waals surface area contributed by atoms with Crippen LogP contribution in [0.5, 0.6) is 0 Å². The predicted molar refractivity (Wildman–Crippen MR) is 162 cm³/mol. The van der Waals surface area contributed by atoms with Crippen LogP contribution in [0.4, 0.5) is 31.5 Å². The molecule has 4 N–H and O–H groups in total. The molecule has 0 fully saturated rings. The minimum absolute atomic E-state index is 0.147. The van der Waals surface area contributed by atoms with E-state index in [2.05, 4.69) is 49.2 Å². The number of nitriles is 1. The van der Waals surface area contributed by atoms with Crippen LogP contribution in [0.25, 0.3) is 10.9 Å². The minimum atomic E-state index is -1.23. The molecule has 0 radical (unpaired) electrons. The molecule has 2 aromatic heterocycles. The van der Waals surface area contributed by atoms with Crippen LogP contribution in [0.15, 0.2) is 102 Å². The second-order valence-electron chi connectivity index (χ2n) is 9.08. The Morgan fingerprint density at radius 2 is 1.98 bits per heavy atom. The summed E-state index contributed by atoms with van der Waals surface area (Å²) in [6.07, 6.45) is 9.66. The predicted octanol–water partition coefficient (Wildman–Crippen LogP) is 6.14. The molecule has 0 spiro atoms. The molecule has 1 atom stereocenters. The molecule has 0 aliphatic carbocycles. The number of hydrogen-bond donors (Lipinski definition) is 4. The van der Waals surface area contributed by atoms with Crippen molar-refractivity contribution in [1.82, 2.24) is 20.9 Å². The third-order valence-corrected chi connectivity index (χ3v) is 6.56. The lowest BCUT2D eigenvalue weighted by molar-refractivity contribution is 0.480. The maximum Gasteiger partial charge on any atom is 0.249 e. The van der Waals surface area contributed by atoms with Gasteiger partial charge in [0, 0.05) is 42.8 Å². The highest BCUT2D eigenvalue weighted by molar-refractivity contribution is 6.36. The standard InChI is InChI=1S/C30H24ClF2N9/c1-18(7-6-10-35-2)27(26-17-42(41-40-26)22-8-4-3-5-9-22)38-20-11-23-28(39-21-13-25(32)30(33)37-16-21)19(14-34)15-36-29(23)24(31)12-20/h3-13,15-17,27,38,40-41H,1H2,2H3,(H,36,39)/b7-6-,35-10-/t27-/m0/s1. The van der Waals surface area contributed by atoms with Gasteiger partial charge in [0.05, 0.1) is 51.1 Å². The first-order valence-corrected chi connectivity index (χ1v) is 13.0. The summed E-state index contributed by atoms with van der Waals surface area (Å²) in [5.41, 5.74) is 10.3. The van der Waals surface area contributed by atoms with Crippen LogP contribution in [0.2, 0.25) is 5.02 Å². The van der Waals surface area contributed by atoms with Gasteiger partial charge in [-0.2, -0.15) is 9.65 Å². The smallest absolute Gasteiger partial charge is 0.249 e. The SMILES string of the molecule is C=C(/C=C\C=N/C)[C@H](Nc1cc(Cl)c2ncc(C#N)c(Nc3cnc(F)c(F)c3)c2c1)C1=CN(c2ccccc2)NN1. The number of hydrogen-bond acceptors (Lipinski definition) is 9. The highest BCUT2D eigenvalue weighted by Gasteiger charge is 2.24. The Hall–Kier alpha value is -5.31. The van der Waals surface area contributed by atoms with Crippen molar-refractivity contribution in [3.8, 4) is 6.07 Å². The van der Waals surface area contributed by atoms with Crippen molar-refractivity contribution in [2.45, 2.75) is 6.04 Å². The molecule has 4 aromatic rings. The number of allylic oxidation sites excluding steroid dienone is 1. The molecule has 0 unspecified atom stereocenters. The zero-order valence-corrected chi connectivity index (χ0v) is 23.0. The monoisotopic (exact) mass is 583 g/mol. The fourth-order valence-electron chi connectivity index (χ4n) is 4.28. The Balaban J connectivity index is 1.55. The Morgan fingerprint density at radius 1 is 1.17 bits per heavy atom. The third kappa shape index (κ3) is 6.05. The van der Waals surface area contributed by atoms with Gasteiger partial charge in [-0.3, -0.25) is 15.0 Å². The van der Waals surface area contributed by atoms with E-state index < -0.39 is 17.8 Å². The summed E-state index contributed by atoms with van der Waals surface area (Å²) in [6, 6.07) is 15.8. The number of nitrogens with zero attached hydrogens (tertiary/aromatic N) is 5. The highest BCUT2D eigenvalue weighted by Crippen LogP contribution is 2.36. The van der Waals surface area contributed by atoms with Crippen molar-refractivity contribution in [3.63, 3.8) is 0 Å². The lowest BCUT2D eigenvalue weighted by Crippen LogP contribution is -2.39. The average molecular weight is 584 g/mol. The average Bonchev–Trinajstić information content (AvgIpc) is 3.49. The molecule has 12 heteroatoms. The van der Waals surface area contributed by atoms with Crippen molar-refractivity contribution < 1.29 is 8.78 Å². The summed E-state index contributed by atoms with van der Waals surface area (Å²) < 4.78 is 27.3. The Bertz CT molecular complexity index is 1780. The van der Waals surface area contributed by atoms with E-state index in [0.29, 0.717) is 32.9 Å². The van der Waals surface area contributed by atoms with Gasteiger partial charge in [-0.15, -0.1) is 5.53 Å². The van der Waals surface area contributed by atoms with Crippen LogP contribution in [-0.4, -0.2) is 29.3 Å². The Kier molecular flexibility index (Phi) is 8.38. The number of anilines is 4. The molecule has 0 saturated heterocycles. The van der Waals surface area contributed by atoms with Crippen LogP contribution < -0.4 is 26.6 Å². The molecule has 0 bridgehead atoms. The molecule has 9 nitrogen and oxygen atoms in total. The molecule has 5 rings (SSSR count). The lowest BCUT2D eigenvalue weighted by atomic mass is 10.0. The van der Waals surface area contributed by atoms with Gasteiger partial charge < -0.3 is 16.1 Å². The maximum absolute atomic E-state index is 13.9. The molecular formula is C30H24ClF2N9. The van der Waals surface area contributed by atoms with Gasteiger partial charge in [0.25, 0.3) is 0 Å². The number of aliphatic imine (C=N–C) groups is 1. The van der Waals surface area contributed by atoms with E-state index in [1.807, 2.05) is 47.6 Å². The van der Waals surface area contributed by atoms with Gasteiger partial charge in [0.2, 0.25) is 5.95 Å². The number of halogens is 3. The first-order valence-electron chi connectivity index (χ1n) is 12.6. The fraction of sp³-hybridized carbons (Fsp3) is 0.0667. The van der Waals surface area contributed by atoms with Gasteiger partial charge in [-0.1, -0.05) is 42.5 Å². The number of fused-ring (bicyclic) bond motifs is 1. The van der Waals surface area contributed by atoms with Crippen LogP contribution in [-0.2, 0) is 0 Å². The van der Waals surface area contributed by atoms with Crippen LogP contribution in [0.3, 0.4) is 0 Å². The molecule has 1 aliphatic heterocycles. The summed E-state index contributed by atoms with van der Waals surface area (Å²) in [7, 11) is 1.67. The molecule has 0 amide bonds. The zero-order valence-electron chi connectivity index (χ0n) is 22.2. The first kappa shape index (κ1) is 28.2. The Labute approximate surface area is 245 Å². The van der Waals surface area contributed by atoms with Gasteiger partial charge in [0.1, 0.15) is 6.07 Å². The van der Waals surface area contributed by atoms with Crippen molar-refractivity contribution in [1.29, 1.82) is 5.26 Å². The van der Waals surface area contributed by atoms with Crippen molar-refractivity contribution in [2.75, 3.05) is 22.7 Å². The van der Waals surface area contributed by atoms with E-state index in [4.69, 9.17) is 11.6 Å². The largest absolute Gasteiger partial charge is 0.373 e. The van der Waals surface area contributed by atoms with E-state index >= 15 is 0 Å².